The first-order chi connectivity index (χ1) is 17.8. The van der Waals surface area contributed by atoms with Crippen LogP contribution in [0.3, 0.4) is 0 Å². The molecule has 0 radical (unpaired) electrons. The van der Waals surface area contributed by atoms with Crippen LogP contribution >= 0.6 is 0 Å². The molecule has 2 aromatic carbocycles. The summed E-state index contributed by atoms with van der Waals surface area (Å²) in [5.41, 5.74) is 3.97. The summed E-state index contributed by atoms with van der Waals surface area (Å²) >= 11 is 0. The minimum atomic E-state index is -0.0601. The first-order valence-corrected chi connectivity index (χ1v) is 13.4. The van der Waals surface area contributed by atoms with Crippen molar-refractivity contribution in [1.29, 1.82) is 0 Å². The first-order valence-electron chi connectivity index (χ1n) is 13.4. The maximum Gasteiger partial charge on any atom is 0.254 e. The van der Waals surface area contributed by atoms with E-state index < -0.39 is 0 Å². The molecule has 4 rings (SSSR count). The maximum absolute atomic E-state index is 13.2. The Bertz CT molecular complexity index is 962. The van der Waals surface area contributed by atoms with Crippen LogP contribution in [-0.2, 0) is 11.2 Å². The van der Waals surface area contributed by atoms with Crippen molar-refractivity contribution in [1.82, 2.24) is 4.90 Å². The first kappa shape index (κ1) is 31.9. The van der Waals surface area contributed by atoms with Crippen molar-refractivity contribution in [2.24, 2.45) is 0 Å². The van der Waals surface area contributed by atoms with E-state index in [1.807, 2.05) is 80.2 Å². The van der Waals surface area contributed by atoms with E-state index in [2.05, 4.69) is 27.7 Å². The average Bonchev–Trinajstić information content (AvgIpc) is 3.40. The lowest BCUT2D eigenvalue weighted by Crippen LogP contribution is -2.39. The van der Waals surface area contributed by atoms with E-state index in [4.69, 9.17) is 14.2 Å². The molecule has 37 heavy (non-hydrogen) atoms. The van der Waals surface area contributed by atoms with Crippen LogP contribution in [0.2, 0.25) is 0 Å². The van der Waals surface area contributed by atoms with Gasteiger partial charge in [0.2, 0.25) is 0 Å². The lowest BCUT2D eigenvalue weighted by Gasteiger charge is -2.36. The topological polar surface area (TPSA) is 51.2 Å². The number of ether oxygens (including phenoxy) is 3. The van der Waals surface area contributed by atoms with Gasteiger partial charge in [0.05, 0.1) is 32.6 Å². The van der Waals surface area contributed by atoms with Crippen molar-refractivity contribution in [2.45, 2.75) is 73.0 Å². The van der Waals surface area contributed by atoms with Gasteiger partial charge in [0, 0.05) is 49.9 Å². The molecule has 1 amide bonds. The number of hydrogen-bond acceptors (Lipinski definition) is 5. The van der Waals surface area contributed by atoms with E-state index in [9.17, 15) is 4.79 Å². The summed E-state index contributed by atoms with van der Waals surface area (Å²) in [7, 11) is 7.26. The smallest absolute Gasteiger partial charge is 0.254 e. The Morgan fingerprint density at radius 3 is 2.24 bits per heavy atom. The second kappa shape index (κ2) is 16.6. The highest BCUT2D eigenvalue weighted by Gasteiger charge is 2.31. The van der Waals surface area contributed by atoms with Gasteiger partial charge in [-0.1, -0.05) is 40.2 Å². The van der Waals surface area contributed by atoms with Gasteiger partial charge >= 0.3 is 0 Å². The lowest BCUT2D eigenvalue weighted by molar-refractivity contribution is 0.0675. The van der Waals surface area contributed by atoms with Gasteiger partial charge in [-0.25, -0.2) is 0 Å². The zero-order valence-electron chi connectivity index (χ0n) is 24.6. The highest BCUT2D eigenvalue weighted by molar-refractivity contribution is 5.95. The molecule has 0 aliphatic carbocycles. The molecule has 0 saturated carbocycles. The van der Waals surface area contributed by atoms with Crippen LogP contribution in [0.5, 0.6) is 11.5 Å². The molecule has 0 fully saturated rings. The zero-order valence-corrected chi connectivity index (χ0v) is 24.6. The second-order valence-corrected chi connectivity index (χ2v) is 9.03. The number of carbonyl (C=O) groups is 1. The number of amides is 1. The van der Waals surface area contributed by atoms with E-state index >= 15 is 0 Å². The second-order valence-electron chi connectivity index (χ2n) is 9.03. The summed E-state index contributed by atoms with van der Waals surface area (Å²) in [6, 6.07) is 11.6. The standard InChI is InChI=1S/C21H26N2O3.C5H8O.C3H8.C2H6/c1-14-20-15(12-18(25-4)13-19(20)26-5)9-10-23(14)21(24)16-7-6-8-17(11-16)22(2)3;1-5-3-2-4-6-5;1-3-2;1-2/h6-8,11-14H,9-10H2,1-5H3;2,4-5H,3H2,1H3;3H2,1-2H3;1-2H3. The molecule has 0 aromatic heterocycles. The van der Waals surface area contributed by atoms with E-state index in [0.717, 1.165) is 35.6 Å². The van der Waals surface area contributed by atoms with Gasteiger partial charge in [-0.2, -0.15) is 0 Å². The van der Waals surface area contributed by atoms with Crippen molar-refractivity contribution >= 4 is 11.6 Å². The van der Waals surface area contributed by atoms with Gasteiger partial charge in [-0.05, 0) is 56.2 Å². The molecule has 2 unspecified atom stereocenters. The van der Waals surface area contributed by atoms with Crippen LogP contribution < -0.4 is 14.4 Å². The molecule has 0 N–H and O–H groups in total. The fraction of sp³-hybridized carbons (Fsp3) is 0.516. The Hall–Kier alpha value is -3.15. The van der Waals surface area contributed by atoms with Crippen molar-refractivity contribution in [3.05, 3.63) is 65.4 Å². The van der Waals surface area contributed by atoms with E-state index in [1.54, 1.807) is 20.5 Å². The third kappa shape index (κ3) is 9.03. The van der Waals surface area contributed by atoms with Crippen molar-refractivity contribution in [2.75, 3.05) is 39.8 Å². The number of benzene rings is 2. The lowest BCUT2D eigenvalue weighted by atomic mass is 9.91. The number of nitrogens with zero attached hydrogens (tertiary/aromatic N) is 2. The predicted molar refractivity (Wildman–Crippen MR) is 155 cm³/mol. The van der Waals surface area contributed by atoms with Crippen molar-refractivity contribution < 1.29 is 19.0 Å². The van der Waals surface area contributed by atoms with Crippen LogP contribution in [-0.4, -0.2) is 51.8 Å². The van der Waals surface area contributed by atoms with E-state index in [-0.39, 0.29) is 11.9 Å². The summed E-state index contributed by atoms with van der Waals surface area (Å²) in [5.74, 6) is 1.60. The fourth-order valence-corrected chi connectivity index (χ4v) is 4.07. The van der Waals surface area contributed by atoms with Crippen LogP contribution in [0.4, 0.5) is 5.69 Å². The minimum absolute atomic E-state index is 0.0460. The SMILES string of the molecule is CC.CC1CC=CO1.CCC.COc1cc2c(c(OC)c1)C(C)N(C(=O)c1cccc(N(C)C)c1)CC2. The average molecular weight is 513 g/mol. The number of carbonyl (C=O) groups excluding carboxylic acids is 1. The molecule has 0 bridgehead atoms. The minimum Gasteiger partial charge on any atom is -0.498 e. The van der Waals surface area contributed by atoms with Crippen LogP contribution in [0.25, 0.3) is 0 Å². The molecule has 2 aliphatic heterocycles. The normalized spacial score (nSPS) is 16.9. The third-order valence-corrected chi connectivity index (χ3v) is 5.91. The number of anilines is 1. The van der Waals surface area contributed by atoms with Gasteiger partial charge in [-0.3, -0.25) is 4.79 Å². The van der Waals surface area contributed by atoms with Crippen LogP contribution in [0, 0.1) is 0 Å². The summed E-state index contributed by atoms with van der Waals surface area (Å²) in [6.07, 6.45) is 7.34. The Kier molecular flexibility index (Phi) is 14.3. The number of methoxy groups -OCH3 is 2. The predicted octanol–water partition coefficient (Wildman–Crippen LogP) is 7.28. The quantitative estimate of drug-likeness (QED) is 0.431. The summed E-state index contributed by atoms with van der Waals surface area (Å²) in [4.78, 5) is 17.1. The molecule has 2 heterocycles. The molecule has 6 heteroatoms. The molecule has 0 spiro atoms. The Balaban J connectivity index is 0.000000523. The number of rotatable bonds is 4. The highest BCUT2D eigenvalue weighted by Crippen LogP contribution is 2.39. The monoisotopic (exact) mass is 512 g/mol. The maximum atomic E-state index is 13.2. The van der Waals surface area contributed by atoms with Gasteiger partial charge < -0.3 is 24.0 Å². The van der Waals surface area contributed by atoms with E-state index in [1.165, 1.54) is 12.0 Å². The molecular weight excluding hydrogens is 464 g/mol. The van der Waals surface area contributed by atoms with Gasteiger partial charge in [-0.15, -0.1) is 0 Å². The third-order valence-electron chi connectivity index (χ3n) is 5.91. The highest BCUT2D eigenvalue weighted by atomic mass is 16.5. The summed E-state index contributed by atoms with van der Waals surface area (Å²) in [5, 5.41) is 0. The van der Waals surface area contributed by atoms with Crippen LogP contribution in [0.1, 0.15) is 81.9 Å². The van der Waals surface area contributed by atoms with E-state index in [0.29, 0.717) is 18.2 Å². The Morgan fingerprint density at radius 2 is 1.76 bits per heavy atom. The summed E-state index contributed by atoms with van der Waals surface area (Å²) in [6.45, 7) is 13.0. The van der Waals surface area contributed by atoms with Gasteiger partial charge in [0.25, 0.3) is 5.91 Å². The van der Waals surface area contributed by atoms with Crippen LogP contribution in [0.15, 0.2) is 48.7 Å². The van der Waals surface area contributed by atoms with Gasteiger partial charge in [0.15, 0.2) is 0 Å². The molecule has 206 valence electrons. The molecule has 0 saturated heterocycles. The fourth-order valence-electron chi connectivity index (χ4n) is 4.07. The molecule has 2 aliphatic rings. The van der Waals surface area contributed by atoms with Crippen molar-refractivity contribution in [3.63, 3.8) is 0 Å². The Morgan fingerprint density at radius 1 is 1.08 bits per heavy atom. The Labute approximate surface area is 225 Å². The molecule has 2 aromatic rings. The molecule has 2 atom stereocenters. The number of fused-ring (bicyclic) bond motifs is 1. The molecular formula is C31H48N2O4. The van der Waals surface area contributed by atoms with Crippen molar-refractivity contribution in [3.8, 4) is 11.5 Å². The molecule has 6 nitrogen and oxygen atoms in total. The number of hydrogen-bond donors (Lipinski definition) is 0. The van der Waals surface area contributed by atoms with Gasteiger partial charge in [0.1, 0.15) is 11.5 Å². The zero-order chi connectivity index (χ0) is 28.0. The summed E-state index contributed by atoms with van der Waals surface area (Å²) < 4.78 is 15.9. The largest absolute Gasteiger partial charge is 0.498 e.